The molecule has 9 heteroatoms. The molecule has 38 heavy (non-hydrogen) atoms. The van der Waals surface area contributed by atoms with Crippen molar-refractivity contribution < 1.29 is 19.2 Å². The van der Waals surface area contributed by atoms with E-state index in [9.17, 15) is 19.2 Å². The third kappa shape index (κ3) is 5.17. The van der Waals surface area contributed by atoms with Crippen LogP contribution in [0.3, 0.4) is 0 Å². The summed E-state index contributed by atoms with van der Waals surface area (Å²) in [6, 6.07) is 6.15. The number of likely N-dealkylation sites (tertiary alicyclic amines) is 1. The second-order valence-corrected chi connectivity index (χ2v) is 11.7. The lowest BCUT2D eigenvalue weighted by atomic mass is 9.89. The van der Waals surface area contributed by atoms with Gasteiger partial charge in [-0.05, 0) is 63.0 Å². The second-order valence-electron chi connectivity index (χ2n) is 11.7. The Balaban J connectivity index is 1.15. The van der Waals surface area contributed by atoms with E-state index in [1.807, 2.05) is 17.0 Å². The van der Waals surface area contributed by atoms with Gasteiger partial charge in [-0.1, -0.05) is 18.9 Å². The third-order valence-electron chi connectivity index (χ3n) is 9.23. The molecule has 0 radical (unpaired) electrons. The number of rotatable bonds is 9. The Hall–Kier alpha value is -2.94. The maximum atomic E-state index is 13.4. The largest absolute Gasteiger partial charge is 0.368 e. The number of fused-ring (bicyclic) bond motifs is 1. The van der Waals surface area contributed by atoms with Crippen LogP contribution in [-0.2, 0) is 20.9 Å². The van der Waals surface area contributed by atoms with E-state index in [0.717, 1.165) is 75.3 Å². The first-order chi connectivity index (χ1) is 18.5. The summed E-state index contributed by atoms with van der Waals surface area (Å²) in [6.45, 7) is 3.61. The second kappa shape index (κ2) is 10.7. The molecule has 1 atom stereocenters. The van der Waals surface area contributed by atoms with Crippen molar-refractivity contribution in [2.75, 3.05) is 31.1 Å². The van der Waals surface area contributed by atoms with Crippen molar-refractivity contribution >= 4 is 29.3 Å². The van der Waals surface area contributed by atoms with Crippen LogP contribution < -0.4 is 15.5 Å². The van der Waals surface area contributed by atoms with Gasteiger partial charge in [0.25, 0.3) is 5.91 Å². The fraction of sp³-hybridized carbons (Fsp3) is 0.655. The normalized spacial score (nSPS) is 27.2. The first-order valence-electron chi connectivity index (χ1n) is 14.5. The van der Waals surface area contributed by atoms with Gasteiger partial charge >= 0.3 is 0 Å². The van der Waals surface area contributed by atoms with Crippen molar-refractivity contribution in [1.82, 2.24) is 20.4 Å². The Kier molecular flexibility index (Phi) is 7.12. The van der Waals surface area contributed by atoms with E-state index >= 15 is 0 Å². The summed E-state index contributed by atoms with van der Waals surface area (Å²) >= 11 is 0. The van der Waals surface area contributed by atoms with Crippen LogP contribution in [0.5, 0.6) is 0 Å². The lowest BCUT2D eigenvalue weighted by Gasteiger charge is -2.40. The molecule has 5 aliphatic rings. The van der Waals surface area contributed by atoms with Gasteiger partial charge in [-0.15, -0.1) is 0 Å². The van der Waals surface area contributed by atoms with Crippen molar-refractivity contribution in [3.8, 4) is 0 Å². The van der Waals surface area contributed by atoms with Gasteiger partial charge in [-0.2, -0.15) is 0 Å². The number of anilines is 1. The van der Waals surface area contributed by atoms with Crippen molar-refractivity contribution in [1.29, 1.82) is 0 Å². The zero-order valence-corrected chi connectivity index (χ0v) is 22.1. The first-order valence-corrected chi connectivity index (χ1v) is 14.5. The number of nitrogens with zero attached hydrogens (tertiary/aromatic N) is 3. The maximum Gasteiger partial charge on any atom is 0.255 e. The zero-order chi connectivity index (χ0) is 26.2. The molecule has 204 valence electrons. The van der Waals surface area contributed by atoms with Gasteiger partial charge < -0.3 is 20.0 Å². The molecule has 0 aromatic heterocycles. The fourth-order valence-corrected chi connectivity index (χ4v) is 6.57. The Morgan fingerprint density at radius 3 is 2.50 bits per heavy atom. The van der Waals surface area contributed by atoms with Gasteiger partial charge in [-0.25, -0.2) is 0 Å². The predicted octanol–water partition coefficient (Wildman–Crippen LogP) is 2.19. The van der Waals surface area contributed by atoms with Gasteiger partial charge in [0.05, 0.1) is 6.54 Å². The number of hydrogen-bond donors (Lipinski definition) is 2. The molecule has 0 spiro atoms. The summed E-state index contributed by atoms with van der Waals surface area (Å²) < 4.78 is 0. The molecule has 1 aromatic carbocycles. The minimum absolute atomic E-state index is 0.113. The summed E-state index contributed by atoms with van der Waals surface area (Å²) in [4.78, 5) is 56.0. The maximum absolute atomic E-state index is 13.4. The Morgan fingerprint density at radius 2 is 1.82 bits per heavy atom. The lowest BCUT2D eigenvalue weighted by molar-refractivity contribution is -0.137. The number of carbonyl (C=O) groups is 4. The van der Waals surface area contributed by atoms with E-state index in [1.54, 1.807) is 4.90 Å². The molecular weight excluding hydrogens is 482 g/mol. The van der Waals surface area contributed by atoms with Crippen LogP contribution in [0, 0.1) is 5.92 Å². The average Bonchev–Trinajstić information content (AvgIpc) is 3.65. The standard InChI is InChI=1S/C29H39N5O4/c35-26-12-11-25(28(37)31-26)34-18-23-22(29(34)38)3-1-4-24(23)33(16-13-19-5-6-19)21-9-7-20(8-10-21)30-17-27(36)32-14-2-15-32/h1,3-4,19-21,25,30H,2,5-18H2,(H,31,35,37). The Bertz CT molecular complexity index is 1110. The average molecular weight is 522 g/mol. The Morgan fingerprint density at radius 1 is 1.03 bits per heavy atom. The van der Waals surface area contributed by atoms with E-state index in [2.05, 4.69) is 21.6 Å². The number of imide groups is 1. The van der Waals surface area contributed by atoms with Crippen LogP contribution in [0.2, 0.25) is 0 Å². The van der Waals surface area contributed by atoms with E-state index in [0.29, 0.717) is 37.2 Å². The first kappa shape index (κ1) is 25.3. The van der Waals surface area contributed by atoms with Gasteiger partial charge in [0.15, 0.2) is 0 Å². The van der Waals surface area contributed by atoms with E-state index in [4.69, 9.17) is 0 Å². The molecule has 2 saturated heterocycles. The zero-order valence-electron chi connectivity index (χ0n) is 22.1. The predicted molar refractivity (Wildman–Crippen MR) is 142 cm³/mol. The van der Waals surface area contributed by atoms with Crippen LogP contribution in [0.4, 0.5) is 5.69 Å². The molecular formula is C29H39N5O4. The molecule has 2 aliphatic carbocycles. The molecule has 1 unspecified atom stereocenters. The highest BCUT2D eigenvalue weighted by atomic mass is 16.2. The molecule has 3 aliphatic heterocycles. The van der Waals surface area contributed by atoms with E-state index in [1.165, 1.54) is 12.8 Å². The highest BCUT2D eigenvalue weighted by Crippen LogP contribution is 2.39. The number of carbonyl (C=O) groups excluding carboxylic acids is 4. The number of nitrogens with one attached hydrogen (secondary N) is 2. The lowest BCUT2D eigenvalue weighted by Crippen LogP contribution is -2.52. The molecule has 4 fully saturated rings. The van der Waals surface area contributed by atoms with Crippen LogP contribution in [0.15, 0.2) is 18.2 Å². The highest BCUT2D eigenvalue weighted by molar-refractivity contribution is 6.06. The monoisotopic (exact) mass is 521 g/mol. The van der Waals surface area contributed by atoms with Gasteiger partial charge in [0.2, 0.25) is 17.7 Å². The van der Waals surface area contributed by atoms with Gasteiger partial charge in [0.1, 0.15) is 6.04 Å². The Labute approximate surface area is 224 Å². The number of piperidine rings is 1. The SMILES string of the molecule is O=C1CCC(N2Cc3c(cccc3N(CCC3CC3)C3CCC(NCC(=O)N4CCC4)CC3)C2=O)C(=O)N1. The van der Waals surface area contributed by atoms with Crippen molar-refractivity contribution in [2.24, 2.45) is 5.92 Å². The minimum Gasteiger partial charge on any atom is -0.368 e. The minimum atomic E-state index is -0.596. The number of benzene rings is 1. The molecule has 2 N–H and O–H groups in total. The topological polar surface area (TPSA) is 102 Å². The fourth-order valence-electron chi connectivity index (χ4n) is 6.57. The summed E-state index contributed by atoms with van der Waals surface area (Å²) in [7, 11) is 0. The van der Waals surface area contributed by atoms with E-state index in [-0.39, 0.29) is 30.0 Å². The highest BCUT2D eigenvalue weighted by Gasteiger charge is 2.41. The number of amides is 4. The third-order valence-corrected chi connectivity index (χ3v) is 9.23. The molecule has 3 heterocycles. The van der Waals surface area contributed by atoms with Crippen molar-refractivity contribution in [2.45, 2.75) is 88.9 Å². The van der Waals surface area contributed by atoms with Crippen LogP contribution in [0.1, 0.15) is 80.1 Å². The molecule has 6 rings (SSSR count). The quantitative estimate of drug-likeness (QED) is 0.483. The molecule has 2 saturated carbocycles. The van der Waals surface area contributed by atoms with Gasteiger partial charge in [-0.3, -0.25) is 24.5 Å². The number of hydrogen-bond acceptors (Lipinski definition) is 6. The summed E-state index contributed by atoms with van der Waals surface area (Å²) in [5.41, 5.74) is 2.82. The molecule has 4 amide bonds. The van der Waals surface area contributed by atoms with Crippen LogP contribution >= 0.6 is 0 Å². The summed E-state index contributed by atoms with van der Waals surface area (Å²) in [5, 5.41) is 5.91. The summed E-state index contributed by atoms with van der Waals surface area (Å²) in [6.07, 6.45) is 9.71. The molecule has 1 aromatic rings. The van der Waals surface area contributed by atoms with E-state index < -0.39 is 6.04 Å². The van der Waals surface area contributed by atoms with Gasteiger partial charge in [0, 0.05) is 61.5 Å². The summed E-state index contributed by atoms with van der Waals surface area (Å²) in [5.74, 6) is 0.277. The van der Waals surface area contributed by atoms with Crippen molar-refractivity contribution in [3.05, 3.63) is 29.3 Å². The van der Waals surface area contributed by atoms with Crippen molar-refractivity contribution in [3.63, 3.8) is 0 Å². The smallest absolute Gasteiger partial charge is 0.255 e. The molecule has 9 nitrogen and oxygen atoms in total. The van der Waals surface area contributed by atoms with Crippen LogP contribution in [-0.4, -0.2) is 77.7 Å². The molecule has 0 bridgehead atoms. The van der Waals surface area contributed by atoms with Crippen LogP contribution in [0.25, 0.3) is 0 Å².